The Morgan fingerprint density at radius 3 is 2.36 bits per heavy atom. The molecule has 2 rings (SSSR count). The van der Waals surface area contributed by atoms with Crippen molar-refractivity contribution in [3.63, 3.8) is 0 Å². The number of nitrogens with one attached hydrogen (secondary N) is 1. The molecule has 0 aromatic heterocycles. The van der Waals surface area contributed by atoms with Gasteiger partial charge in [-0.3, -0.25) is 14.9 Å². The third-order valence-corrected chi connectivity index (χ3v) is 4.41. The van der Waals surface area contributed by atoms with Crippen LogP contribution in [0.2, 0.25) is 0 Å². The predicted molar refractivity (Wildman–Crippen MR) is 113 cm³/mol. The van der Waals surface area contributed by atoms with Crippen LogP contribution in [0.25, 0.3) is 0 Å². The van der Waals surface area contributed by atoms with Crippen LogP contribution in [-0.4, -0.2) is 58.5 Å². The minimum Gasteiger partial charge on any atom is -0.493 e. The molecule has 0 radical (unpaired) electrons. The lowest BCUT2D eigenvalue weighted by atomic mass is 10.1. The van der Waals surface area contributed by atoms with E-state index in [9.17, 15) is 23.7 Å². The van der Waals surface area contributed by atoms with Crippen LogP contribution in [-0.2, 0) is 11.2 Å². The van der Waals surface area contributed by atoms with Crippen molar-refractivity contribution in [2.45, 2.75) is 13.0 Å². The molecule has 10 nitrogen and oxygen atoms in total. The molecule has 0 aliphatic heterocycles. The third kappa shape index (κ3) is 7.17. The number of nitro groups is 1. The molecule has 0 unspecified atom stereocenters. The van der Waals surface area contributed by atoms with Gasteiger partial charge in [0.05, 0.1) is 31.8 Å². The maximum Gasteiger partial charge on any atom is 0.387 e. The van der Waals surface area contributed by atoms with Gasteiger partial charge in [-0.05, 0) is 24.1 Å². The highest BCUT2D eigenvalue weighted by molar-refractivity contribution is 5.99. The fourth-order valence-corrected chi connectivity index (χ4v) is 2.87. The van der Waals surface area contributed by atoms with Crippen molar-refractivity contribution < 1.29 is 42.2 Å². The smallest absolute Gasteiger partial charge is 0.387 e. The summed E-state index contributed by atoms with van der Waals surface area (Å²) in [5.74, 6) is -0.464. The number of nitrogens with zero attached hydrogens (tertiary/aromatic N) is 1. The van der Waals surface area contributed by atoms with Gasteiger partial charge in [0.1, 0.15) is 12.2 Å². The molecule has 0 spiro atoms. The number of rotatable bonds is 13. The van der Waals surface area contributed by atoms with Gasteiger partial charge in [-0.25, -0.2) is 0 Å². The first-order valence-corrected chi connectivity index (χ1v) is 9.68. The molecule has 0 saturated carbocycles. The normalized spacial score (nSPS) is 10.6. The van der Waals surface area contributed by atoms with Gasteiger partial charge in [0.25, 0.3) is 11.6 Å². The van der Waals surface area contributed by atoms with E-state index in [0.717, 1.165) is 6.07 Å². The summed E-state index contributed by atoms with van der Waals surface area (Å²) in [6.07, 6.45) is 0.248. The van der Waals surface area contributed by atoms with E-state index in [4.69, 9.17) is 18.9 Å². The molecule has 0 heterocycles. The van der Waals surface area contributed by atoms with Crippen LogP contribution in [0, 0.1) is 10.1 Å². The van der Waals surface area contributed by atoms with Crippen molar-refractivity contribution in [2.24, 2.45) is 0 Å². The van der Waals surface area contributed by atoms with E-state index in [1.165, 1.54) is 39.5 Å². The number of alkyl halides is 2. The lowest BCUT2D eigenvalue weighted by molar-refractivity contribution is -0.385. The fraction of sp³-hybridized carbons (Fsp3) is 0.381. The molecule has 1 amide bonds. The fourth-order valence-electron chi connectivity index (χ4n) is 2.87. The van der Waals surface area contributed by atoms with Crippen LogP contribution in [0.1, 0.15) is 15.9 Å². The first kappa shape index (κ1) is 25.6. The van der Waals surface area contributed by atoms with Gasteiger partial charge in [0, 0.05) is 19.7 Å². The van der Waals surface area contributed by atoms with Crippen LogP contribution >= 0.6 is 0 Å². The van der Waals surface area contributed by atoms with E-state index in [-0.39, 0.29) is 54.7 Å². The highest BCUT2D eigenvalue weighted by Crippen LogP contribution is 2.35. The summed E-state index contributed by atoms with van der Waals surface area (Å²) in [7, 11) is 4.15. The molecular weight excluding hydrogens is 446 g/mol. The zero-order valence-electron chi connectivity index (χ0n) is 18.3. The number of methoxy groups -OCH3 is 3. The number of ether oxygens (including phenoxy) is 5. The summed E-state index contributed by atoms with van der Waals surface area (Å²) < 4.78 is 50.1. The summed E-state index contributed by atoms with van der Waals surface area (Å²) in [6, 6.07) is 6.79. The van der Waals surface area contributed by atoms with Crippen molar-refractivity contribution in [1.82, 2.24) is 5.32 Å². The van der Waals surface area contributed by atoms with Crippen molar-refractivity contribution in [3.05, 3.63) is 51.6 Å². The summed E-state index contributed by atoms with van der Waals surface area (Å²) in [5, 5.41) is 14.1. The SMILES string of the molecule is COCCOc1cc([N+](=O)[O-])c(C(=O)NCCc2ccc(OC)c(OC(F)F)c2)cc1OC. The first-order chi connectivity index (χ1) is 15.8. The van der Waals surface area contributed by atoms with E-state index in [0.29, 0.717) is 5.56 Å². The Bertz CT molecular complexity index is 972. The Labute approximate surface area is 188 Å². The molecular formula is C21H24F2N2O8. The highest BCUT2D eigenvalue weighted by atomic mass is 19.3. The second-order valence-corrected chi connectivity index (χ2v) is 6.49. The van der Waals surface area contributed by atoms with Crippen molar-refractivity contribution in [2.75, 3.05) is 41.1 Å². The number of nitro benzene ring substituents is 1. The summed E-state index contributed by atoms with van der Waals surface area (Å²) in [6.45, 7) is -2.56. The monoisotopic (exact) mass is 470 g/mol. The molecule has 12 heteroatoms. The number of hydrogen-bond donors (Lipinski definition) is 1. The molecule has 2 aromatic carbocycles. The largest absolute Gasteiger partial charge is 0.493 e. The number of hydrogen-bond acceptors (Lipinski definition) is 8. The number of halogens is 2. The molecule has 2 aromatic rings. The van der Waals surface area contributed by atoms with Crippen LogP contribution in [0.15, 0.2) is 30.3 Å². The number of carbonyl (C=O) groups is 1. The van der Waals surface area contributed by atoms with Crippen LogP contribution < -0.4 is 24.3 Å². The zero-order chi connectivity index (χ0) is 24.4. The van der Waals surface area contributed by atoms with Crippen molar-refractivity contribution in [3.8, 4) is 23.0 Å². The van der Waals surface area contributed by atoms with E-state index in [1.54, 1.807) is 6.07 Å². The van der Waals surface area contributed by atoms with E-state index in [1.807, 2.05) is 0 Å². The summed E-state index contributed by atoms with van der Waals surface area (Å²) in [4.78, 5) is 23.4. The Hall–Kier alpha value is -3.67. The topological polar surface area (TPSA) is 118 Å². The molecule has 180 valence electrons. The molecule has 0 bridgehead atoms. The molecule has 1 N–H and O–H groups in total. The standard InChI is InChI=1S/C21H24F2N2O8/c1-29-8-9-32-18-12-15(25(27)28)14(11-17(18)31-3)20(26)24-7-6-13-4-5-16(30-2)19(10-13)33-21(22)23/h4-5,10-12,21H,6-9H2,1-3H3,(H,24,26). The summed E-state index contributed by atoms with van der Waals surface area (Å²) >= 11 is 0. The average Bonchev–Trinajstić information content (AvgIpc) is 2.78. The van der Waals surface area contributed by atoms with E-state index in [2.05, 4.69) is 10.1 Å². The minimum atomic E-state index is -3.02. The maximum absolute atomic E-state index is 12.6. The summed E-state index contributed by atoms with van der Waals surface area (Å²) in [5.41, 5.74) is -0.0918. The molecule has 0 aliphatic carbocycles. The maximum atomic E-state index is 12.6. The lowest BCUT2D eigenvalue weighted by Crippen LogP contribution is -2.26. The van der Waals surface area contributed by atoms with Gasteiger partial charge in [0.15, 0.2) is 23.0 Å². The van der Waals surface area contributed by atoms with Crippen LogP contribution in [0.3, 0.4) is 0 Å². The Kier molecular flexibility index (Phi) is 9.61. The Balaban J connectivity index is 2.14. The number of carbonyl (C=O) groups excluding carboxylic acids is 1. The number of amides is 1. The third-order valence-electron chi connectivity index (χ3n) is 4.41. The van der Waals surface area contributed by atoms with Gasteiger partial charge in [0.2, 0.25) is 0 Å². The second-order valence-electron chi connectivity index (χ2n) is 6.49. The van der Waals surface area contributed by atoms with Crippen LogP contribution in [0.4, 0.5) is 14.5 Å². The predicted octanol–water partition coefficient (Wildman–Crippen LogP) is 3.21. The second kappa shape index (κ2) is 12.4. The van der Waals surface area contributed by atoms with Crippen molar-refractivity contribution in [1.29, 1.82) is 0 Å². The molecule has 33 heavy (non-hydrogen) atoms. The zero-order valence-corrected chi connectivity index (χ0v) is 18.3. The Morgan fingerprint density at radius 1 is 1.03 bits per heavy atom. The van der Waals surface area contributed by atoms with E-state index < -0.39 is 23.1 Å². The van der Waals surface area contributed by atoms with E-state index >= 15 is 0 Å². The molecule has 0 saturated heterocycles. The number of benzene rings is 2. The molecule has 0 aliphatic rings. The lowest BCUT2D eigenvalue weighted by Gasteiger charge is -2.13. The molecule has 0 fully saturated rings. The Morgan fingerprint density at radius 2 is 1.76 bits per heavy atom. The molecule has 0 atom stereocenters. The van der Waals surface area contributed by atoms with Gasteiger partial charge < -0.3 is 29.0 Å². The van der Waals surface area contributed by atoms with Crippen molar-refractivity contribution >= 4 is 11.6 Å². The first-order valence-electron chi connectivity index (χ1n) is 9.68. The minimum absolute atomic E-state index is 0.0742. The quantitative estimate of drug-likeness (QED) is 0.269. The average molecular weight is 470 g/mol. The highest BCUT2D eigenvalue weighted by Gasteiger charge is 2.24. The van der Waals surface area contributed by atoms with Gasteiger partial charge in [-0.15, -0.1) is 0 Å². The van der Waals surface area contributed by atoms with Gasteiger partial charge in [-0.1, -0.05) is 6.07 Å². The van der Waals surface area contributed by atoms with Gasteiger partial charge in [-0.2, -0.15) is 8.78 Å². The van der Waals surface area contributed by atoms with Crippen LogP contribution in [0.5, 0.6) is 23.0 Å². The van der Waals surface area contributed by atoms with Gasteiger partial charge >= 0.3 is 6.61 Å².